The largest absolute Gasteiger partial charge is 0.360 e. The summed E-state index contributed by atoms with van der Waals surface area (Å²) in [6, 6.07) is 11.6. The number of likely N-dealkylation sites (tertiary alicyclic amines) is 1. The van der Waals surface area contributed by atoms with E-state index in [4.69, 9.17) is 12.2 Å². The van der Waals surface area contributed by atoms with Gasteiger partial charge >= 0.3 is 0 Å². The van der Waals surface area contributed by atoms with E-state index in [2.05, 4.69) is 83.0 Å². The zero-order valence-electron chi connectivity index (χ0n) is 21.5. The number of aryl methyl sites for hydroxylation is 2. The van der Waals surface area contributed by atoms with E-state index in [0.717, 1.165) is 51.0 Å². The number of hydrogen-bond acceptors (Lipinski definition) is 4. The van der Waals surface area contributed by atoms with Gasteiger partial charge in [0.15, 0.2) is 5.11 Å². The van der Waals surface area contributed by atoms with Gasteiger partial charge in [-0.3, -0.25) is 14.4 Å². The zero-order chi connectivity index (χ0) is 24.9. The maximum Gasteiger partial charge on any atom is 0.224 e. The number of benzene rings is 1. The number of piperidine rings is 1. The molecule has 3 heterocycles. The first-order valence-corrected chi connectivity index (χ1v) is 13.3. The fraction of sp³-hybridized carbons (Fsp3) is 0.593. The molecule has 0 unspecified atom stereocenters. The number of likely N-dealkylation sites (N-methyl/N-ethyl adjacent to an activating group) is 1. The van der Waals surface area contributed by atoms with Crippen molar-refractivity contribution in [3.05, 3.63) is 53.3 Å². The Morgan fingerprint density at radius 3 is 2.57 bits per heavy atom. The second-order valence-electron chi connectivity index (χ2n) is 10.5. The van der Waals surface area contributed by atoms with E-state index in [0.29, 0.717) is 29.5 Å². The van der Waals surface area contributed by atoms with E-state index in [1.54, 1.807) is 0 Å². The summed E-state index contributed by atoms with van der Waals surface area (Å²) in [5.41, 5.74) is 3.74. The highest BCUT2D eigenvalue weighted by Gasteiger charge is 2.32. The van der Waals surface area contributed by atoms with Crippen LogP contribution in [0.1, 0.15) is 49.4 Å². The predicted molar refractivity (Wildman–Crippen MR) is 144 cm³/mol. The van der Waals surface area contributed by atoms with Crippen molar-refractivity contribution in [1.29, 1.82) is 0 Å². The molecule has 8 heteroatoms. The van der Waals surface area contributed by atoms with Crippen molar-refractivity contribution in [2.75, 3.05) is 20.1 Å². The number of carbonyl (C=O) groups is 1. The standard InChI is InChI=1S/C27H40N6OS/c1-19-14-24(29-27(35)28-19)16-26(34)33-12-10-22(11-13-33)25(15-21-8-6-5-7-9-21)31(3)17-23-18-32(4)30-20(23)2/h5-9,18-19,22,24-25H,10-17H2,1-4H3,(H2,28,29,35)/t19-,24+,25-/m1/s1. The van der Waals surface area contributed by atoms with Crippen LogP contribution in [0.4, 0.5) is 0 Å². The third kappa shape index (κ3) is 6.82. The fourth-order valence-corrected chi connectivity index (χ4v) is 6.10. The highest BCUT2D eigenvalue weighted by Crippen LogP contribution is 2.28. The molecule has 190 valence electrons. The highest BCUT2D eigenvalue weighted by atomic mass is 32.1. The Kier molecular flexibility index (Phi) is 8.44. The van der Waals surface area contributed by atoms with Crippen LogP contribution < -0.4 is 10.6 Å². The predicted octanol–water partition coefficient (Wildman–Crippen LogP) is 3.03. The quantitative estimate of drug-likeness (QED) is 0.548. The van der Waals surface area contributed by atoms with E-state index < -0.39 is 0 Å². The lowest BCUT2D eigenvalue weighted by atomic mass is 9.84. The van der Waals surface area contributed by atoms with Crippen molar-refractivity contribution in [2.24, 2.45) is 13.0 Å². The third-order valence-electron chi connectivity index (χ3n) is 7.60. The van der Waals surface area contributed by atoms with Gasteiger partial charge in [0.25, 0.3) is 0 Å². The molecule has 1 aromatic carbocycles. The third-order valence-corrected chi connectivity index (χ3v) is 7.83. The van der Waals surface area contributed by atoms with Crippen LogP contribution in [0.25, 0.3) is 0 Å². The van der Waals surface area contributed by atoms with Gasteiger partial charge in [0, 0.05) is 63.0 Å². The molecule has 2 aromatic rings. The minimum atomic E-state index is 0.128. The van der Waals surface area contributed by atoms with Gasteiger partial charge in [-0.1, -0.05) is 30.3 Å². The average Bonchev–Trinajstić information content (AvgIpc) is 3.13. The molecule has 2 aliphatic heterocycles. The monoisotopic (exact) mass is 496 g/mol. The minimum absolute atomic E-state index is 0.128. The Morgan fingerprint density at radius 1 is 1.23 bits per heavy atom. The molecule has 2 fully saturated rings. The van der Waals surface area contributed by atoms with Crippen molar-refractivity contribution in [3.8, 4) is 0 Å². The van der Waals surface area contributed by atoms with Crippen molar-refractivity contribution >= 4 is 23.2 Å². The summed E-state index contributed by atoms with van der Waals surface area (Å²) in [4.78, 5) is 17.6. The van der Waals surface area contributed by atoms with Crippen LogP contribution in [-0.2, 0) is 24.8 Å². The summed E-state index contributed by atoms with van der Waals surface area (Å²) >= 11 is 5.29. The molecule has 35 heavy (non-hydrogen) atoms. The van der Waals surface area contributed by atoms with E-state index in [1.165, 1.54) is 11.1 Å². The molecule has 2 N–H and O–H groups in total. The normalized spacial score (nSPS) is 22.1. The molecule has 1 aromatic heterocycles. The van der Waals surface area contributed by atoms with Gasteiger partial charge in [0.1, 0.15) is 0 Å². The van der Waals surface area contributed by atoms with Gasteiger partial charge in [0.05, 0.1) is 5.69 Å². The topological polar surface area (TPSA) is 65.4 Å². The van der Waals surface area contributed by atoms with E-state index in [-0.39, 0.29) is 11.9 Å². The van der Waals surface area contributed by atoms with Crippen LogP contribution >= 0.6 is 12.2 Å². The molecule has 2 saturated heterocycles. The number of nitrogens with one attached hydrogen (secondary N) is 2. The molecule has 0 bridgehead atoms. The minimum Gasteiger partial charge on any atom is -0.360 e. The van der Waals surface area contributed by atoms with Crippen molar-refractivity contribution in [1.82, 2.24) is 30.2 Å². The molecule has 1 amide bonds. The van der Waals surface area contributed by atoms with Crippen LogP contribution in [-0.4, -0.2) is 68.9 Å². The fourth-order valence-electron chi connectivity index (χ4n) is 5.73. The molecule has 0 spiro atoms. The van der Waals surface area contributed by atoms with Gasteiger partial charge in [-0.05, 0) is 70.3 Å². The summed E-state index contributed by atoms with van der Waals surface area (Å²) in [5, 5.41) is 11.7. The Hall–Kier alpha value is -2.45. The van der Waals surface area contributed by atoms with Crippen LogP contribution in [0.5, 0.6) is 0 Å². The van der Waals surface area contributed by atoms with E-state index in [9.17, 15) is 4.79 Å². The number of nitrogens with zero attached hydrogens (tertiary/aromatic N) is 4. The number of thiocarbonyl (C=S) groups is 1. The van der Waals surface area contributed by atoms with Gasteiger partial charge in [-0.2, -0.15) is 5.10 Å². The van der Waals surface area contributed by atoms with Crippen molar-refractivity contribution < 1.29 is 4.79 Å². The number of aromatic nitrogens is 2. The van der Waals surface area contributed by atoms with Gasteiger partial charge < -0.3 is 15.5 Å². The average molecular weight is 497 g/mol. The lowest BCUT2D eigenvalue weighted by molar-refractivity contribution is -0.133. The summed E-state index contributed by atoms with van der Waals surface area (Å²) in [6.45, 7) is 6.76. The maximum absolute atomic E-state index is 13.1. The van der Waals surface area contributed by atoms with Crippen LogP contribution in [0.2, 0.25) is 0 Å². The molecule has 4 rings (SSSR count). The van der Waals surface area contributed by atoms with Gasteiger partial charge in [-0.25, -0.2) is 0 Å². The molecule has 0 radical (unpaired) electrons. The van der Waals surface area contributed by atoms with E-state index in [1.807, 2.05) is 11.7 Å². The first-order valence-electron chi connectivity index (χ1n) is 12.9. The molecular formula is C27H40N6OS. The summed E-state index contributed by atoms with van der Waals surface area (Å²) in [7, 11) is 4.22. The maximum atomic E-state index is 13.1. The molecule has 2 aliphatic rings. The van der Waals surface area contributed by atoms with E-state index >= 15 is 0 Å². The van der Waals surface area contributed by atoms with Crippen LogP contribution in [0.15, 0.2) is 36.5 Å². The van der Waals surface area contributed by atoms with Gasteiger partial charge in [0.2, 0.25) is 5.91 Å². The first-order chi connectivity index (χ1) is 16.8. The molecule has 0 aliphatic carbocycles. The molecule has 3 atom stereocenters. The Morgan fingerprint density at radius 2 is 1.94 bits per heavy atom. The highest BCUT2D eigenvalue weighted by molar-refractivity contribution is 7.80. The lowest BCUT2D eigenvalue weighted by Gasteiger charge is -2.41. The van der Waals surface area contributed by atoms with Gasteiger partial charge in [-0.15, -0.1) is 0 Å². The summed E-state index contributed by atoms with van der Waals surface area (Å²) < 4.78 is 1.90. The second kappa shape index (κ2) is 11.5. The smallest absolute Gasteiger partial charge is 0.224 e. The second-order valence-corrected chi connectivity index (χ2v) is 10.9. The SMILES string of the molecule is Cc1nn(C)cc1CN(C)[C@H](Cc1ccccc1)C1CCN(C(=O)C[C@@H]2C[C@@H](C)NC(=S)N2)CC1. The Bertz CT molecular complexity index is 1000. The molecular weight excluding hydrogens is 456 g/mol. The lowest BCUT2D eigenvalue weighted by Crippen LogP contribution is -2.55. The van der Waals surface area contributed by atoms with Crippen LogP contribution in [0.3, 0.4) is 0 Å². The molecule has 7 nitrogen and oxygen atoms in total. The Labute approximate surface area is 215 Å². The number of carbonyl (C=O) groups excluding carboxylic acids is 1. The van der Waals surface area contributed by atoms with Crippen molar-refractivity contribution in [3.63, 3.8) is 0 Å². The number of amides is 1. The number of hydrogen-bond donors (Lipinski definition) is 2. The summed E-state index contributed by atoms with van der Waals surface area (Å²) in [6.07, 6.45) is 6.66. The number of rotatable bonds is 8. The first kappa shape index (κ1) is 25.6. The zero-order valence-corrected chi connectivity index (χ0v) is 22.4. The summed E-state index contributed by atoms with van der Waals surface area (Å²) in [5.74, 6) is 0.794. The molecule has 0 saturated carbocycles. The van der Waals surface area contributed by atoms with Crippen LogP contribution in [0, 0.1) is 12.8 Å². The Balaban J connectivity index is 1.38. The van der Waals surface area contributed by atoms with Crippen molar-refractivity contribution in [2.45, 2.75) is 70.6 Å².